The highest BCUT2D eigenvalue weighted by Gasteiger charge is 2.23. The molecule has 0 unspecified atom stereocenters. The Balaban J connectivity index is 1.59. The minimum absolute atomic E-state index is 0.843. The topological polar surface area (TPSA) is 17.0 Å². The Morgan fingerprint density at radius 3 is 2.65 bits per heavy atom. The maximum atomic E-state index is 6.54. The van der Waals surface area contributed by atoms with E-state index in [0.29, 0.717) is 0 Å². The highest BCUT2D eigenvalue weighted by molar-refractivity contribution is 6.20. The van der Waals surface area contributed by atoms with Gasteiger partial charge in [-0.15, -0.1) is 0 Å². The average molecular weight is 407 g/mol. The summed E-state index contributed by atoms with van der Waals surface area (Å²) in [5, 5.41) is 4.93. The molecule has 0 radical (unpaired) electrons. The first kappa shape index (κ1) is 18.6. The van der Waals surface area contributed by atoms with E-state index in [1.807, 2.05) is 0 Å². The molecule has 0 saturated heterocycles. The number of rotatable bonds is 3. The number of furan rings is 1. The Hall–Kier alpha value is -3.13. The van der Waals surface area contributed by atoms with E-state index in [-0.39, 0.29) is 0 Å². The summed E-state index contributed by atoms with van der Waals surface area (Å²) in [7, 11) is 2.14. The highest BCUT2D eigenvalue weighted by Crippen LogP contribution is 2.40. The largest absolute Gasteiger partial charge is 0.455 e. The molecule has 2 nitrogen and oxygen atoms in total. The van der Waals surface area contributed by atoms with E-state index in [9.17, 15) is 0 Å². The number of aromatic nitrogens is 1. The predicted molar refractivity (Wildman–Crippen MR) is 128 cm³/mol. The van der Waals surface area contributed by atoms with E-state index < -0.39 is 0 Å². The van der Waals surface area contributed by atoms with Gasteiger partial charge in [-0.1, -0.05) is 68.1 Å². The van der Waals surface area contributed by atoms with Crippen molar-refractivity contribution in [2.24, 2.45) is 13.0 Å². The lowest BCUT2D eigenvalue weighted by Gasteiger charge is -2.11. The summed E-state index contributed by atoms with van der Waals surface area (Å²) in [6.07, 6.45) is 8.94. The van der Waals surface area contributed by atoms with Gasteiger partial charge in [0.1, 0.15) is 18.2 Å². The van der Waals surface area contributed by atoms with Crippen molar-refractivity contribution in [3.8, 4) is 11.3 Å². The predicted octanol–water partition coefficient (Wildman–Crippen LogP) is 7.27. The fourth-order valence-electron chi connectivity index (χ4n) is 5.56. The summed E-state index contributed by atoms with van der Waals surface area (Å²) in [6, 6.07) is 22.0. The molecule has 2 aromatic heterocycles. The number of benzene rings is 3. The van der Waals surface area contributed by atoms with Gasteiger partial charge in [0, 0.05) is 22.9 Å². The molecule has 154 valence electrons. The Morgan fingerprint density at radius 2 is 1.77 bits per heavy atom. The zero-order chi connectivity index (χ0) is 20.9. The third-order valence-electron chi connectivity index (χ3n) is 7.21. The smallest absolute Gasteiger partial charge is 0.216 e. The fraction of sp³-hybridized carbons (Fsp3) is 0.276. The Morgan fingerprint density at radius 1 is 0.935 bits per heavy atom. The van der Waals surface area contributed by atoms with E-state index >= 15 is 0 Å². The molecule has 0 bridgehead atoms. The zero-order valence-corrected chi connectivity index (χ0v) is 18.3. The molecule has 0 N–H and O–H groups in total. The molecule has 1 fully saturated rings. The van der Waals surface area contributed by atoms with Gasteiger partial charge in [0.05, 0.1) is 5.56 Å². The molecule has 1 saturated carbocycles. The number of hydrogen-bond donors (Lipinski definition) is 0. The van der Waals surface area contributed by atoms with Crippen LogP contribution in [0.2, 0.25) is 0 Å². The molecule has 2 heterocycles. The van der Waals surface area contributed by atoms with Crippen LogP contribution in [0.5, 0.6) is 0 Å². The lowest BCUT2D eigenvalue weighted by Crippen LogP contribution is -2.31. The SMILES string of the molecule is Cc1ccc2c(oc3ccc4ccccc4c32)c1-c1cc(CC2CCCC2)cc[n+]1C. The number of aryl methyl sites for hydroxylation is 2. The molecule has 2 heteroatoms. The molecule has 6 rings (SSSR count). The fourth-order valence-corrected chi connectivity index (χ4v) is 5.56. The highest BCUT2D eigenvalue weighted by atomic mass is 16.3. The van der Waals surface area contributed by atoms with E-state index in [1.165, 1.54) is 76.0 Å². The van der Waals surface area contributed by atoms with Crippen molar-refractivity contribution in [2.75, 3.05) is 0 Å². The van der Waals surface area contributed by atoms with Crippen molar-refractivity contribution >= 4 is 32.7 Å². The summed E-state index contributed by atoms with van der Waals surface area (Å²) in [5.41, 5.74) is 7.11. The first-order valence-corrected chi connectivity index (χ1v) is 11.5. The summed E-state index contributed by atoms with van der Waals surface area (Å²) in [4.78, 5) is 0. The van der Waals surface area contributed by atoms with Crippen LogP contribution in [0.15, 0.2) is 71.3 Å². The first-order valence-electron chi connectivity index (χ1n) is 11.5. The molecule has 1 aliphatic carbocycles. The van der Waals surface area contributed by atoms with Crippen molar-refractivity contribution in [2.45, 2.75) is 39.0 Å². The second-order valence-electron chi connectivity index (χ2n) is 9.28. The summed E-state index contributed by atoms with van der Waals surface area (Å²) in [6.45, 7) is 2.20. The van der Waals surface area contributed by atoms with Gasteiger partial charge in [-0.2, -0.15) is 0 Å². The van der Waals surface area contributed by atoms with Gasteiger partial charge >= 0.3 is 0 Å². The second-order valence-corrected chi connectivity index (χ2v) is 9.28. The van der Waals surface area contributed by atoms with Crippen molar-refractivity contribution in [1.82, 2.24) is 0 Å². The average Bonchev–Trinajstić information content (AvgIpc) is 3.43. The Bertz CT molecular complexity index is 1440. The van der Waals surface area contributed by atoms with Crippen LogP contribution in [0.4, 0.5) is 0 Å². The summed E-state index contributed by atoms with van der Waals surface area (Å²) >= 11 is 0. The molecule has 5 aromatic rings. The molecule has 0 aliphatic heterocycles. The lowest BCUT2D eigenvalue weighted by molar-refractivity contribution is -0.660. The molecule has 0 atom stereocenters. The van der Waals surface area contributed by atoms with Crippen LogP contribution in [-0.2, 0) is 13.5 Å². The van der Waals surface area contributed by atoms with Gasteiger partial charge < -0.3 is 4.42 Å². The van der Waals surface area contributed by atoms with Crippen LogP contribution in [0, 0.1) is 12.8 Å². The molecule has 1 aliphatic rings. The van der Waals surface area contributed by atoms with Crippen molar-refractivity contribution in [3.05, 3.63) is 78.0 Å². The normalized spacial score (nSPS) is 14.9. The van der Waals surface area contributed by atoms with Crippen molar-refractivity contribution in [1.29, 1.82) is 0 Å². The van der Waals surface area contributed by atoms with Crippen LogP contribution in [-0.4, -0.2) is 0 Å². The van der Waals surface area contributed by atoms with E-state index in [2.05, 4.69) is 85.4 Å². The standard InChI is InChI=1S/C29H28NO/c1-19-11-13-24-28-23-10-6-5-9-22(23)12-14-26(28)31-29(24)27(19)25-18-21(15-16-30(25)2)17-20-7-3-4-8-20/h5-6,9-16,18,20H,3-4,7-8,17H2,1-2H3/q+1. The van der Waals surface area contributed by atoms with Crippen LogP contribution in [0.25, 0.3) is 44.0 Å². The quantitative estimate of drug-likeness (QED) is 0.288. The maximum Gasteiger partial charge on any atom is 0.216 e. The Labute approximate surface area is 183 Å². The molecule has 3 aromatic carbocycles. The van der Waals surface area contributed by atoms with Crippen LogP contribution >= 0.6 is 0 Å². The van der Waals surface area contributed by atoms with Crippen molar-refractivity contribution < 1.29 is 8.98 Å². The summed E-state index contributed by atoms with van der Waals surface area (Å²) in [5.74, 6) is 0.843. The van der Waals surface area contributed by atoms with E-state index in [0.717, 1.165) is 17.1 Å². The lowest BCUT2D eigenvalue weighted by atomic mass is 9.95. The Kier molecular flexibility index (Phi) is 4.34. The number of hydrogen-bond acceptors (Lipinski definition) is 1. The van der Waals surface area contributed by atoms with E-state index in [1.54, 1.807) is 0 Å². The van der Waals surface area contributed by atoms with Gasteiger partial charge in [0.15, 0.2) is 6.20 Å². The summed E-state index contributed by atoms with van der Waals surface area (Å²) < 4.78 is 8.78. The van der Waals surface area contributed by atoms with Crippen LogP contribution in [0.3, 0.4) is 0 Å². The van der Waals surface area contributed by atoms with Gasteiger partial charge in [-0.3, -0.25) is 0 Å². The molecular formula is C29H28NO+. The van der Waals surface area contributed by atoms with Gasteiger partial charge in [0.25, 0.3) is 0 Å². The van der Waals surface area contributed by atoms with Crippen LogP contribution in [0.1, 0.15) is 36.8 Å². The number of pyridine rings is 1. The second kappa shape index (κ2) is 7.23. The molecule has 0 amide bonds. The molecule has 0 spiro atoms. The third kappa shape index (κ3) is 3.05. The van der Waals surface area contributed by atoms with Crippen molar-refractivity contribution in [3.63, 3.8) is 0 Å². The van der Waals surface area contributed by atoms with Gasteiger partial charge in [0.2, 0.25) is 5.69 Å². The minimum Gasteiger partial charge on any atom is -0.455 e. The maximum absolute atomic E-state index is 6.54. The molecule has 31 heavy (non-hydrogen) atoms. The number of fused-ring (bicyclic) bond motifs is 5. The van der Waals surface area contributed by atoms with Gasteiger partial charge in [-0.25, -0.2) is 4.57 Å². The van der Waals surface area contributed by atoms with E-state index in [4.69, 9.17) is 4.42 Å². The third-order valence-corrected chi connectivity index (χ3v) is 7.21. The van der Waals surface area contributed by atoms with Crippen LogP contribution < -0.4 is 4.57 Å². The zero-order valence-electron chi connectivity index (χ0n) is 18.3. The minimum atomic E-state index is 0.843. The molecular weight excluding hydrogens is 378 g/mol. The monoisotopic (exact) mass is 406 g/mol. The first-order chi connectivity index (χ1) is 15.2. The van der Waals surface area contributed by atoms with Gasteiger partial charge in [-0.05, 0) is 47.2 Å². The number of nitrogens with zero attached hydrogens (tertiary/aromatic N) is 1.